The van der Waals surface area contributed by atoms with Gasteiger partial charge in [0.05, 0.1) is 5.69 Å². The van der Waals surface area contributed by atoms with Crippen molar-refractivity contribution in [2.75, 3.05) is 18.0 Å². The van der Waals surface area contributed by atoms with Crippen molar-refractivity contribution in [1.82, 2.24) is 0 Å². The number of hydrogen-bond donors (Lipinski definition) is 1. The van der Waals surface area contributed by atoms with Gasteiger partial charge in [-0.1, -0.05) is 6.92 Å². The van der Waals surface area contributed by atoms with Crippen molar-refractivity contribution in [2.24, 2.45) is 11.7 Å². The van der Waals surface area contributed by atoms with Gasteiger partial charge in [0, 0.05) is 23.6 Å². The third-order valence-electron chi connectivity index (χ3n) is 3.22. The van der Waals surface area contributed by atoms with E-state index in [1.807, 2.05) is 0 Å². The average Bonchev–Trinajstić information content (AvgIpc) is 2.26. The highest BCUT2D eigenvalue weighted by molar-refractivity contribution is 9.10. The van der Waals surface area contributed by atoms with Crippen LogP contribution in [-0.4, -0.2) is 19.1 Å². The van der Waals surface area contributed by atoms with Gasteiger partial charge in [-0.25, -0.2) is 4.39 Å². The van der Waals surface area contributed by atoms with Gasteiger partial charge in [-0.15, -0.1) is 0 Å². The first-order valence-corrected chi connectivity index (χ1v) is 6.33. The molecule has 0 aromatic heterocycles. The molecule has 0 aliphatic carbocycles. The maximum Gasteiger partial charge on any atom is 0.125 e. The van der Waals surface area contributed by atoms with Gasteiger partial charge in [-0.05, 0) is 46.5 Å². The lowest BCUT2D eigenvalue weighted by molar-refractivity contribution is 0.382. The van der Waals surface area contributed by atoms with E-state index in [-0.39, 0.29) is 11.9 Å². The van der Waals surface area contributed by atoms with Crippen LogP contribution >= 0.6 is 15.9 Å². The van der Waals surface area contributed by atoms with Crippen LogP contribution in [0.2, 0.25) is 0 Å². The van der Waals surface area contributed by atoms with Gasteiger partial charge in [0.1, 0.15) is 5.82 Å². The molecule has 16 heavy (non-hydrogen) atoms. The molecular weight excluding hydrogens is 271 g/mol. The molecule has 1 aromatic carbocycles. The minimum atomic E-state index is -0.194. The molecule has 1 fully saturated rings. The summed E-state index contributed by atoms with van der Waals surface area (Å²) >= 11 is 3.46. The number of benzene rings is 1. The van der Waals surface area contributed by atoms with Crippen molar-refractivity contribution in [3.8, 4) is 0 Å². The minimum Gasteiger partial charge on any atom is -0.370 e. The molecule has 1 aliphatic heterocycles. The zero-order valence-corrected chi connectivity index (χ0v) is 10.9. The maximum atomic E-state index is 13.2. The Hall–Kier alpha value is -0.610. The zero-order valence-electron chi connectivity index (χ0n) is 9.29. The normalized spacial score (nSPS) is 25.9. The number of nitrogens with zero attached hydrogens (tertiary/aromatic N) is 1. The first kappa shape index (κ1) is 11.9. The highest BCUT2D eigenvalue weighted by atomic mass is 79.9. The number of halogens is 2. The first-order chi connectivity index (χ1) is 7.58. The summed E-state index contributed by atoms with van der Waals surface area (Å²) in [5.74, 6) is 0.254. The van der Waals surface area contributed by atoms with Gasteiger partial charge in [0.15, 0.2) is 0 Å². The molecule has 0 spiro atoms. The molecular formula is C12H16BrFN2. The van der Waals surface area contributed by atoms with Crippen LogP contribution in [-0.2, 0) is 0 Å². The SMILES string of the molecule is CC1CN(c2cc(F)ccc2Br)CCC1N. The Bertz CT molecular complexity index is 383. The molecule has 2 nitrogen and oxygen atoms in total. The van der Waals surface area contributed by atoms with Crippen LogP contribution in [0.1, 0.15) is 13.3 Å². The van der Waals surface area contributed by atoms with Crippen molar-refractivity contribution < 1.29 is 4.39 Å². The summed E-state index contributed by atoms with van der Waals surface area (Å²) in [4.78, 5) is 2.20. The summed E-state index contributed by atoms with van der Waals surface area (Å²) in [7, 11) is 0. The molecule has 2 rings (SSSR count). The van der Waals surface area contributed by atoms with Crippen molar-refractivity contribution in [1.29, 1.82) is 0 Å². The molecule has 2 atom stereocenters. The van der Waals surface area contributed by atoms with Crippen LogP contribution in [0, 0.1) is 11.7 Å². The summed E-state index contributed by atoms with van der Waals surface area (Å²) in [5, 5.41) is 0. The van der Waals surface area contributed by atoms with E-state index < -0.39 is 0 Å². The van der Waals surface area contributed by atoms with Gasteiger partial charge in [0.25, 0.3) is 0 Å². The fourth-order valence-corrected chi connectivity index (χ4v) is 2.61. The standard InChI is InChI=1S/C12H16BrFN2/c1-8-7-16(5-4-11(8)15)12-6-9(14)2-3-10(12)13/h2-3,6,8,11H,4-5,7,15H2,1H3. The Balaban J connectivity index is 2.21. The fourth-order valence-electron chi connectivity index (χ4n) is 2.11. The van der Waals surface area contributed by atoms with Crippen molar-refractivity contribution in [3.05, 3.63) is 28.5 Å². The highest BCUT2D eigenvalue weighted by Gasteiger charge is 2.24. The lowest BCUT2D eigenvalue weighted by Crippen LogP contribution is -2.46. The molecule has 0 bridgehead atoms. The Kier molecular flexibility index (Phi) is 3.50. The number of anilines is 1. The molecule has 0 amide bonds. The zero-order chi connectivity index (χ0) is 11.7. The predicted octanol–water partition coefficient (Wildman–Crippen LogP) is 2.76. The van der Waals surface area contributed by atoms with Gasteiger partial charge >= 0.3 is 0 Å². The van der Waals surface area contributed by atoms with Crippen LogP contribution in [0.25, 0.3) is 0 Å². The van der Waals surface area contributed by atoms with E-state index in [1.165, 1.54) is 6.07 Å². The molecule has 2 N–H and O–H groups in total. The number of piperidine rings is 1. The lowest BCUT2D eigenvalue weighted by Gasteiger charge is -2.37. The number of nitrogens with two attached hydrogens (primary N) is 1. The Labute approximate surface area is 104 Å². The molecule has 1 aromatic rings. The van der Waals surface area contributed by atoms with E-state index in [2.05, 4.69) is 27.8 Å². The first-order valence-electron chi connectivity index (χ1n) is 5.53. The smallest absolute Gasteiger partial charge is 0.125 e. The third kappa shape index (κ3) is 2.38. The number of rotatable bonds is 1. The maximum absolute atomic E-state index is 13.2. The number of hydrogen-bond acceptors (Lipinski definition) is 2. The molecule has 1 heterocycles. The molecule has 2 unspecified atom stereocenters. The monoisotopic (exact) mass is 286 g/mol. The average molecular weight is 287 g/mol. The quantitative estimate of drug-likeness (QED) is 0.860. The van der Waals surface area contributed by atoms with Crippen LogP contribution in [0.15, 0.2) is 22.7 Å². The van der Waals surface area contributed by atoms with Crippen molar-refractivity contribution in [2.45, 2.75) is 19.4 Å². The van der Waals surface area contributed by atoms with E-state index in [1.54, 1.807) is 12.1 Å². The second-order valence-electron chi connectivity index (χ2n) is 4.47. The van der Waals surface area contributed by atoms with E-state index in [9.17, 15) is 4.39 Å². The van der Waals surface area contributed by atoms with Crippen LogP contribution in [0.3, 0.4) is 0 Å². The van der Waals surface area contributed by atoms with Crippen LogP contribution in [0.4, 0.5) is 10.1 Å². The summed E-state index contributed by atoms with van der Waals surface area (Å²) in [5.41, 5.74) is 6.90. The van der Waals surface area contributed by atoms with Gasteiger partial charge in [-0.2, -0.15) is 0 Å². The predicted molar refractivity (Wildman–Crippen MR) is 68.1 cm³/mol. The Morgan fingerprint density at radius 3 is 2.94 bits per heavy atom. The van der Waals surface area contributed by atoms with Crippen LogP contribution < -0.4 is 10.6 Å². The molecule has 4 heteroatoms. The summed E-state index contributed by atoms with van der Waals surface area (Å²) in [6.45, 7) is 3.93. The second-order valence-corrected chi connectivity index (χ2v) is 5.33. The largest absolute Gasteiger partial charge is 0.370 e. The Morgan fingerprint density at radius 2 is 2.25 bits per heavy atom. The van der Waals surface area contributed by atoms with Crippen molar-refractivity contribution in [3.63, 3.8) is 0 Å². The van der Waals surface area contributed by atoms with Crippen LogP contribution in [0.5, 0.6) is 0 Å². The van der Waals surface area contributed by atoms with E-state index in [0.717, 1.165) is 29.7 Å². The van der Waals surface area contributed by atoms with Gasteiger partial charge < -0.3 is 10.6 Å². The molecule has 0 radical (unpaired) electrons. The fraction of sp³-hybridized carbons (Fsp3) is 0.500. The third-order valence-corrected chi connectivity index (χ3v) is 3.89. The molecule has 0 saturated carbocycles. The van der Waals surface area contributed by atoms with Crippen molar-refractivity contribution >= 4 is 21.6 Å². The highest BCUT2D eigenvalue weighted by Crippen LogP contribution is 2.30. The van der Waals surface area contributed by atoms with E-state index in [4.69, 9.17) is 5.73 Å². The summed E-state index contributed by atoms with van der Waals surface area (Å²) in [6.07, 6.45) is 0.962. The molecule has 88 valence electrons. The second kappa shape index (κ2) is 4.72. The Morgan fingerprint density at radius 1 is 1.50 bits per heavy atom. The van der Waals surface area contributed by atoms with E-state index in [0.29, 0.717) is 5.92 Å². The topological polar surface area (TPSA) is 29.3 Å². The lowest BCUT2D eigenvalue weighted by atomic mass is 9.94. The summed E-state index contributed by atoms with van der Waals surface area (Å²) in [6, 6.07) is 5.06. The molecule has 1 aliphatic rings. The van der Waals surface area contributed by atoms with E-state index >= 15 is 0 Å². The minimum absolute atomic E-state index is 0.194. The van der Waals surface area contributed by atoms with Gasteiger partial charge in [0.2, 0.25) is 0 Å². The summed E-state index contributed by atoms with van der Waals surface area (Å²) < 4.78 is 14.1. The van der Waals surface area contributed by atoms with Gasteiger partial charge in [-0.3, -0.25) is 0 Å². The molecule has 1 saturated heterocycles.